The quantitative estimate of drug-likeness (QED) is 0.315. The van der Waals surface area contributed by atoms with E-state index in [0.29, 0.717) is 60.0 Å². The van der Waals surface area contributed by atoms with E-state index in [-0.39, 0.29) is 40.8 Å². The number of nitrogens with zero attached hydrogens (tertiary/aromatic N) is 6. The molecule has 44 heavy (non-hydrogen) atoms. The third-order valence-electron chi connectivity index (χ3n) is 9.51. The molecule has 224 valence electrons. The van der Waals surface area contributed by atoms with Gasteiger partial charge in [-0.05, 0) is 56.5 Å². The summed E-state index contributed by atoms with van der Waals surface area (Å²) in [6, 6.07) is 10.6. The fourth-order valence-corrected chi connectivity index (χ4v) is 7.33. The average Bonchev–Trinajstić information content (AvgIpc) is 3.44. The van der Waals surface area contributed by atoms with Crippen molar-refractivity contribution in [2.75, 3.05) is 37.7 Å². The number of anilines is 1. The van der Waals surface area contributed by atoms with Crippen LogP contribution in [-0.2, 0) is 0 Å². The van der Waals surface area contributed by atoms with Gasteiger partial charge in [0, 0.05) is 42.7 Å². The first kappa shape index (κ1) is 28.4. The van der Waals surface area contributed by atoms with E-state index < -0.39 is 17.7 Å². The van der Waals surface area contributed by atoms with Gasteiger partial charge in [-0.15, -0.1) is 6.42 Å². The summed E-state index contributed by atoms with van der Waals surface area (Å²) in [5.74, 6) is 1.62. The first-order chi connectivity index (χ1) is 21.4. The summed E-state index contributed by atoms with van der Waals surface area (Å²) in [5, 5.41) is 21.4. The van der Waals surface area contributed by atoms with Crippen molar-refractivity contribution in [2.45, 2.75) is 50.2 Å². The van der Waals surface area contributed by atoms with Crippen molar-refractivity contribution < 1.29 is 18.6 Å². The van der Waals surface area contributed by atoms with Gasteiger partial charge in [0.05, 0.1) is 28.7 Å². The number of rotatable bonds is 5. The number of benzene rings is 2. The Bertz CT molecular complexity index is 1850. The second-order valence-electron chi connectivity index (χ2n) is 12.1. The van der Waals surface area contributed by atoms with Gasteiger partial charge in [0.25, 0.3) is 0 Å². The highest BCUT2D eigenvalue weighted by atomic mass is 19.1. The van der Waals surface area contributed by atoms with E-state index in [1.807, 2.05) is 0 Å². The summed E-state index contributed by atoms with van der Waals surface area (Å²) in [6.07, 6.45) is 11.6. The topological polar surface area (TPSA) is 98.4 Å². The molecule has 0 bridgehead atoms. The summed E-state index contributed by atoms with van der Waals surface area (Å²) >= 11 is 0. The second-order valence-corrected chi connectivity index (χ2v) is 12.1. The predicted octanol–water partition coefficient (Wildman–Crippen LogP) is 5.21. The van der Waals surface area contributed by atoms with Crippen LogP contribution in [0.15, 0.2) is 36.5 Å². The zero-order valence-corrected chi connectivity index (χ0v) is 24.3. The molecule has 2 aromatic heterocycles. The third-order valence-corrected chi connectivity index (χ3v) is 9.51. The number of aliphatic hydroxyl groups is 1. The van der Waals surface area contributed by atoms with Gasteiger partial charge in [0.2, 0.25) is 0 Å². The summed E-state index contributed by atoms with van der Waals surface area (Å²) in [7, 11) is 0. The minimum Gasteiger partial charge on any atom is -0.461 e. The number of β-amino-alcohol motifs (C(OH)–C–C–N with tert-alkyl or cyclic N) is 1. The maximum Gasteiger partial charge on any atom is 0.319 e. The molecule has 3 saturated heterocycles. The van der Waals surface area contributed by atoms with Gasteiger partial charge in [-0.2, -0.15) is 15.2 Å². The lowest BCUT2D eigenvalue weighted by molar-refractivity contribution is 0.107. The smallest absolute Gasteiger partial charge is 0.319 e. The molecule has 2 aromatic carbocycles. The summed E-state index contributed by atoms with van der Waals surface area (Å²) in [6.45, 7) is 3.00. The number of nitriles is 1. The normalized spacial score (nSPS) is 23.8. The highest BCUT2D eigenvalue weighted by Crippen LogP contribution is 2.40. The van der Waals surface area contributed by atoms with E-state index in [0.717, 1.165) is 32.2 Å². The van der Waals surface area contributed by atoms with Crippen LogP contribution in [-0.4, -0.2) is 69.4 Å². The van der Waals surface area contributed by atoms with Crippen LogP contribution in [0.4, 0.5) is 14.6 Å². The maximum absolute atomic E-state index is 16.7. The Labute approximate surface area is 254 Å². The van der Waals surface area contributed by atoms with Crippen LogP contribution in [0.2, 0.25) is 0 Å². The molecule has 0 saturated carbocycles. The van der Waals surface area contributed by atoms with Gasteiger partial charge in [-0.25, -0.2) is 8.78 Å². The van der Waals surface area contributed by atoms with Crippen molar-refractivity contribution in [3.8, 4) is 35.7 Å². The molecular weight excluding hydrogens is 562 g/mol. The van der Waals surface area contributed by atoms with Gasteiger partial charge in [-0.1, -0.05) is 30.2 Å². The summed E-state index contributed by atoms with van der Waals surface area (Å²) in [5.41, 5.74) is 0.146. The first-order valence-electron chi connectivity index (χ1n) is 15.2. The van der Waals surface area contributed by atoms with Crippen LogP contribution in [0.1, 0.15) is 44.1 Å². The van der Waals surface area contributed by atoms with Crippen molar-refractivity contribution in [1.82, 2.24) is 19.9 Å². The fourth-order valence-electron chi connectivity index (χ4n) is 7.33. The van der Waals surface area contributed by atoms with E-state index in [4.69, 9.17) is 16.1 Å². The molecule has 4 aromatic rings. The Balaban J connectivity index is 1.36. The van der Waals surface area contributed by atoms with Gasteiger partial charge < -0.3 is 14.7 Å². The highest BCUT2D eigenvalue weighted by Gasteiger charge is 2.48. The molecule has 0 spiro atoms. The van der Waals surface area contributed by atoms with Crippen LogP contribution in [0, 0.1) is 41.2 Å². The van der Waals surface area contributed by atoms with Gasteiger partial charge in [0.1, 0.15) is 29.5 Å². The zero-order chi connectivity index (χ0) is 30.4. The molecule has 5 heterocycles. The zero-order valence-electron chi connectivity index (χ0n) is 24.3. The lowest BCUT2D eigenvalue weighted by Gasteiger charge is -2.31. The lowest BCUT2D eigenvalue weighted by atomic mass is 9.94. The number of hydrogen-bond acceptors (Lipinski definition) is 8. The molecule has 3 fully saturated rings. The average molecular weight is 595 g/mol. The van der Waals surface area contributed by atoms with Crippen LogP contribution >= 0.6 is 0 Å². The van der Waals surface area contributed by atoms with E-state index in [1.165, 1.54) is 6.07 Å². The number of hydrogen-bond donors (Lipinski definition) is 1. The fraction of sp³-hybridized carbons (Fsp3) is 0.412. The maximum atomic E-state index is 16.7. The van der Waals surface area contributed by atoms with E-state index in [2.05, 4.69) is 31.8 Å². The Morgan fingerprint density at radius 3 is 2.84 bits per heavy atom. The van der Waals surface area contributed by atoms with Crippen molar-refractivity contribution >= 4 is 27.5 Å². The molecule has 3 atom stereocenters. The van der Waals surface area contributed by atoms with Crippen molar-refractivity contribution in [3.05, 3.63) is 53.7 Å². The number of aromatic nitrogens is 3. The molecular formula is C34H32F2N6O2. The van der Waals surface area contributed by atoms with Gasteiger partial charge in [0.15, 0.2) is 5.82 Å². The number of pyridine rings is 1. The molecule has 1 N–H and O–H groups in total. The van der Waals surface area contributed by atoms with Crippen LogP contribution in [0.5, 0.6) is 6.01 Å². The largest absolute Gasteiger partial charge is 0.461 e. The van der Waals surface area contributed by atoms with Gasteiger partial charge >= 0.3 is 6.01 Å². The number of terminal acetylenes is 1. The Morgan fingerprint density at radius 1 is 1.11 bits per heavy atom. The lowest BCUT2D eigenvalue weighted by Crippen LogP contribution is -2.43. The number of ether oxygens (including phenoxy) is 1. The number of fused-ring (bicyclic) bond motifs is 3. The molecule has 0 aliphatic carbocycles. The first-order valence-corrected chi connectivity index (χ1v) is 15.2. The highest BCUT2D eigenvalue weighted by molar-refractivity contribution is 6.02. The van der Waals surface area contributed by atoms with Crippen LogP contribution < -0.4 is 9.64 Å². The van der Waals surface area contributed by atoms with E-state index in [9.17, 15) is 14.8 Å². The van der Waals surface area contributed by atoms with Crippen LogP contribution in [0.3, 0.4) is 0 Å². The predicted molar refractivity (Wildman–Crippen MR) is 163 cm³/mol. The Hall–Kier alpha value is -4.38. The second kappa shape index (κ2) is 11.3. The Kier molecular flexibility index (Phi) is 7.28. The van der Waals surface area contributed by atoms with Gasteiger partial charge in [-0.3, -0.25) is 9.88 Å². The molecule has 7 rings (SSSR count). The van der Waals surface area contributed by atoms with E-state index in [1.54, 1.807) is 30.5 Å². The summed E-state index contributed by atoms with van der Waals surface area (Å²) < 4.78 is 37.7. The molecule has 10 heteroatoms. The van der Waals surface area contributed by atoms with Crippen molar-refractivity contribution in [2.24, 2.45) is 5.92 Å². The minimum atomic E-state index is -0.683. The Morgan fingerprint density at radius 2 is 2.00 bits per heavy atom. The van der Waals surface area contributed by atoms with Crippen molar-refractivity contribution in [3.63, 3.8) is 0 Å². The number of halogens is 2. The van der Waals surface area contributed by atoms with Crippen LogP contribution in [0.25, 0.3) is 32.9 Å². The third kappa shape index (κ3) is 4.79. The SMILES string of the molecule is C#Cc1c(F)ccc2cccc(-c3ncc4c(N5CCCC(C#N)CC5)nc(OC[C@]56CCCN5C[C@@H](O)C6)nc4c3F)c12. The van der Waals surface area contributed by atoms with Crippen molar-refractivity contribution in [1.29, 1.82) is 5.26 Å². The molecule has 0 radical (unpaired) electrons. The molecule has 3 aliphatic heterocycles. The monoisotopic (exact) mass is 594 g/mol. The minimum absolute atomic E-state index is 0.000637. The van der Waals surface area contributed by atoms with E-state index >= 15 is 4.39 Å². The molecule has 3 aliphatic rings. The molecule has 0 amide bonds. The standard InChI is InChI=1S/C34H32F2N6O2/c1-2-24-27(35)10-9-22-7-3-8-25(28(22)24)30-29(36)31-26(18-38-30)32(41-13-4-6-21(17-37)11-15-41)40-33(39-31)44-20-34-12-5-14-42(34)19-23(43)16-34/h1,3,7-10,18,21,23,43H,4-6,11-16,19-20H2/t21?,23-,34+/m0/s1. The molecule has 8 nitrogen and oxygen atoms in total. The molecule has 1 unspecified atom stereocenters. The summed E-state index contributed by atoms with van der Waals surface area (Å²) in [4.78, 5) is 18.2. The number of aliphatic hydroxyl groups excluding tert-OH is 1.